The van der Waals surface area contributed by atoms with Gasteiger partial charge in [0.25, 0.3) is 0 Å². The number of rotatable bonds is 5. The van der Waals surface area contributed by atoms with E-state index in [-0.39, 0.29) is 18.6 Å². The predicted molar refractivity (Wildman–Crippen MR) is 94.7 cm³/mol. The van der Waals surface area contributed by atoms with Crippen LogP contribution in [0.15, 0.2) is 45.9 Å². The lowest BCUT2D eigenvalue weighted by Crippen LogP contribution is -2.35. The Bertz CT molecular complexity index is 1030. The molecule has 140 valence electrons. The zero-order chi connectivity index (χ0) is 18.8. The van der Waals surface area contributed by atoms with Gasteiger partial charge < -0.3 is 18.8 Å². The predicted octanol–water partition coefficient (Wildman–Crippen LogP) is 1.07. The SMILES string of the molecule is COc1cncc(OC2CCN(C(=O)Cn3c(=O)oc4ccccc43)C2)n1. The standard InChI is InChI=1S/C18H18N4O5/c1-25-15-8-19-9-16(20-15)26-12-6-7-21(10-12)17(23)11-22-13-4-2-3-5-14(13)27-18(22)24/h2-5,8-9,12H,6-7,10-11H2,1H3. The molecule has 1 aliphatic heterocycles. The summed E-state index contributed by atoms with van der Waals surface area (Å²) in [6.07, 6.45) is 3.48. The van der Waals surface area contributed by atoms with Gasteiger partial charge in [0.2, 0.25) is 17.7 Å². The first-order chi connectivity index (χ1) is 13.1. The van der Waals surface area contributed by atoms with Gasteiger partial charge in [-0.3, -0.25) is 14.3 Å². The largest absolute Gasteiger partial charge is 0.480 e. The van der Waals surface area contributed by atoms with E-state index >= 15 is 0 Å². The van der Waals surface area contributed by atoms with Crippen LogP contribution < -0.4 is 15.2 Å². The molecule has 0 saturated carbocycles. The monoisotopic (exact) mass is 370 g/mol. The summed E-state index contributed by atoms with van der Waals surface area (Å²) < 4.78 is 17.3. The number of amides is 1. The maximum atomic E-state index is 12.6. The molecule has 1 saturated heterocycles. The Labute approximate surface area is 154 Å². The number of methoxy groups -OCH3 is 1. The molecule has 9 nitrogen and oxygen atoms in total. The van der Waals surface area contributed by atoms with Crippen molar-refractivity contribution in [3.8, 4) is 11.8 Å². The highest BCUT2D eigenvalue weighted by Gasteiger charge is 2.28. The Morgan fingerprint density at radius 3 is 2.96 bits per heavy atom. The molecule has 2 aromatic heterocycles. The van der Waals surface area contributed by atoms with Gasteiger partial charge >= 0.3 is 5.76 Å². The first kappa shape index (κ1) is 17.1. The number of carbonyl (C=O) groups excluding carboxylic acids is 1. The van der Waals surface area contributed by atoms with E-state index in [1.54, 1.807) is 29.2 Å². The number of nitrogens with zero attached hydrogens (tertiary/aromatic N) is 4. The Morgan fingerprint density at radius 1 is 1.30 bits per heavy atom. The fourth-order valence-corrected chi connectivity index (χ4v) is 3.11. The molecule has 0 bridgehead atoms. The van der Waals surface area contributed by atoms with Gasteiger partial charge in [0.05, 0.1) is 31.6 Å². The molecule has 1 aliphatic rings. The molecule has 1 aromatic carbocycles. The molecular weight excluding hydrogens is 352 g/mol. The number of ether oxygens (including phenoxy) is 2. The summed E-state index contributed by atoms with van der Waals surface area (Å²) in [6.45, 7) is 0.898. The van der Waals surface area contributed by atoms with Crippen LogP contribution in [0.1, 0.15) is 6.42 Å². The van der Waals surface area contributed by atoms with Gasteiger partial charge in [0.15, 0.2) is 5.58 Å². The quantitative estimate of drug-likeness (QED) is 0.662. The molecule has 1 unspecified atom stereocenters. The number of aromatic nitrogens is 3. The van der Waals surface area contributed by atoms with Crippen LogP contribution in [0.4, 0.5) is 0 Å². The number of carbonyl (C=O) groups is 1. The minimum absolute atomic E-state index is 0.0679. The third-order valence-corrected chi connectivity index (χ3v) is 4.45. The maximum Gasteiger partial charge on any atom is 0.420 e. The highest BCUT2D eigenvalue weighted by Crippen LogP contribution is 2.19. The second-order valence-corrected chi connectivity index (χ2v) is 6.19. The van der Waals surface area contributed by atoms with E-state index < -0.39 is 5.76 Å². The molecule has 27 heavy (non-hydrogen) atoms. The molecule has 1 amide bonds. The molecule has 3 aromatic rings. The summed E-state index contributed by atoms with van der Waals surface area (Å²) in [5.74, 6) is 0.0185. The van der Waals surface area contributed by atoms with Crippen LogP contribution in [-0.2, 0) is 11.3 Å². The van der Waals surface area contributed by atoms with Crippen molar-refractivity contribution in [2.24, 2.45) is 0 Å². The van der Waals surface area contributed by atoms with Crippen molar-refractivity contribution in [3.63, 3.8) is 0 Å². The number of hydrogen-bond donors (Lipinski definition) is 0. The van der Waals surface area contributed by atoms with Gasteiger partial charge in [-0.25, -0.2) is 4.79 Å². The van der Waals surface area contributed by atoms with Gasteiger partial charge in [-0.1, -0.05) is 12.1 Å². The van der Waals surface area contributed by atoms with Crippen LogP contribution in [-0.4, -0.2) is 51.6 Å². The van der Waals surface area contributed by atoms with Crippen LogP contribution in [0, 0.1) is 0 Å². The van der Waals surface area contributed by atoms with E-state index in [9.17, 15) is 9.59 Å². The Hall–Kier alpha value is -3.36. The fourth-order valence-electron chi connectivity index (χ4n) is 3.11. The van der Waals surface area contributed by atoms with Crippen LogP contribution in [0.2, 0.25) is 0 Å². The maximum absolute atomic E-state index is 12.6. The average molecular weight is 370 g/mol. The van der Waals surface area contributed by atoms with E-state index in [1.165, 1.54) is 24.1 Å². The Kier molecular flexibility index (Phi) is 4.49. The summed E-state index contributed by atoms with van der Waals surface area (Å²) in [7, 11) is 1.51. The topological polar surface area (TPSA) is 99.7 Å². The van der Waals surface area contributed by atoms with Crippen LogP contribution in [0.5, 0.6) is 11.8 Å². The lowest BCUT2D eigenvalue weighted by Gasteiger charge is -2.17. The Morgan fingerprint density at radius 2 is 2.11 bits per heavy atom. The molecule has 0 aliphatic carbocycles. The molecular formula is C18H18N4O5. The number of benzene rings is 1. The first-order valence-electron chi connectivity index (χ1n) is 8.53. The van der Waals surface area contributed by atoms with Crippen molar-refractivity contribution in [2.75, 3.05) is 20.2 Å². The summed E-state index contributed by atoms with van der Waals surface area (Å²) in [5.41, 5.74) is 1.07. The molecule has 1 atom stereocenters. The zero-order valence-electron chi connectivity index (χ0n) is 14.7. The number of oxazole rings is 1. The molecule has 1 fully saturated rings. The third-order valence-electron chi connectivity index (χ3n) is 4.45. The smallest absolute Gasteiger partial charge is 0.420 e. The third kappa shape index (κ3) is 3.48. The minimum atomic E-state index is -0.539. The number of hydrogen-bond acceptors (Lipinski definition) is 7. The van der Waals surface area contributed by atoms with E-state index in [0.29, 0.717) is 42.4 Å². The van der Waals surface area contributed by atoms with Gasteiger partial charge in [-0.2, -0.15) is 4.98 Å². The molecule has 3 heterocycles. The Balaban J connectivity index is 1.41. The number of fused-ring (bicyclic) bond motifs is 1. The van der Waals surface area contributed by atoms with Crippen LogP contribution in [0.3, 0.4) is 0 Å². The second-order valence-electron chi connectivity index (χ2n) is 6.19. The first-order valence-corrected chi connectivity index (χ1v) is 8.53. The van der Waals surface area contributed by atoms with Crippen molar-refractivity contribution >= 4 is 17.0 Å². The highest BCUT2D eigenvalue weighted by molar-refractivity contribution is 5.79. The summed E-state index contributed by atoms with van der Waals surface area (Å²) in [4.78, 5) is 34.5. The summed E-state index contributed by atoms with van der Waals surface area (Å²) >= 11 is 0. The highest BCUT2D eigenvalue weighted by atomic mass is 16.5. The average Bonchev–Trinajstić information content (AvgIpc) is 3.27. The van der Waals surface area contributed by atoms with Crippen molar-refractivity contribution in [1.29, 1.82) is 0 Å². The van der Waals surface area contributed by atoms with E-state index in [0.717, 1.165) is 0 Å². The normalized spacial score (nSPS) is 16.6. The van der Waals surface area contributed by atoms with Gasteiger partial charge in [-0.05, 0) is 12.1 Å². The number of para-hydroxylation sites is 2. The lowest BCUT2D eigenvalue weighted by atomic mass is 10.3. The molecule has 4 rings (SSSR count). The van der Waals surface area contributed by atoms with Gasteiger partial charge in [-0.15, -0.1) is 0 Å². The van der Waals surface area contributed by atoms with Crippen molar-refractivity contribution in [2.45, 2.75) is 19.1 Å². The molecule has 0 radical (unpaired) electrons. The van der Waals surface area contributed by atoms with Crippen molar-refractivity contribution in [1.82, 2.24) is 19.4 Å². The molecule has 0 spiro atoms. The van der Waals surface area contributed by atoms with Gasteiger partial charge in [0, 0.05) is 13.0 Å². The summed E-state index contributed by atoms with van der Waals surface area (Å²) in [6, 6.07) is 7.03. The van der Waals surface area contributed by atoms with E-state index in [1.807, 2.05) is 0 Å². The van der Waals surface area contributed by atoms with Crippen molar-refractivity contribution < 1.29 is 18.7 Å². The van der Waals surface area contributed by atoms with Gasteiger partial charge in [0.1, 0.15) is 12.6 Å². The van der Waals surface area contributed by atoms with E-state index in [4.69, 9.17) is 13.9 Å². The zero-order valence-corrected chi connectivity index (χ0v) is 14.7. The molecule has 9 heteroatoms. The molecule has 0 N–H and O–H groups in total. The second kappa shape index (κ2) is 7.10. The van der Waals surface area contributed by atoms with Crippen LogP contribution >= 0.6 is 0 Å². The fraction of sp³-hybridized carbons (Fsp3) is 0.333. The lowest BCUT2D eigenvalue weighted by molar-refractivity contribution is -0.131. The summed E-state index contributed by atoms with van der Waals surface area (Å²) in [5, 5.41) is 0. The van der Waals surface area contributed by atoms with Crippen molar-refractivity contribution in [3.05, 3.63) is 47.2 Å². The minimum Gasteiger partial charge on any atom is -0.480 e. The van der Waals surface area contributed by atoms with E-state index in [2.05, 4.69) is 9.97 Å². The number of likely N-dealkylation sites (tertiary alicyclic amines) is 1. The van der Waals surface area contributed by atoms with Crippen LogP contribution in [0.25, 0.3) is 11.1 Å².